The van der Waals surface area contributed by atoms with Crippen molar-refractivity contribution in [3.8, 4) is 11.5 Å². The van der Waals surface area contributed by atoms with Crippen LogP contribution in [0.3, 0.4) is 0 Å². The molecule has 2 heterocycles. The third-order valence-electron chi connectivity index (χ3n) is 4.64. The number of esters is 1. The van der Waals surface area contributed by atoms with E-state index in [4.69, 9.17) is 14.2 Å². The maximum absolute atomic E-state index is 11.5. The van der Waals surface area contributed by atoms with Gasteiger partial charge in [-0.3, -0.25) is 4.79 Å². The molecule has 4 rings (SSSR count). The minimum absolute atomic E-state index is 0.0583. The molecule has 2 aliphatic heterocycles. The van der Waals surface area contributed by atoms with E-state index in [1.807, 2.05) is 30.3 Å². The topological polar surface area (TPSA) is 56.8 Å². The number of methoxy groups -OCH3 is 1. The lowest BCUT2D eigenvalue weighted by Gasteiger charge is -2.14. The number of nitrogens with one attached hydrogen (secondary N) is 1. The molecule has 0 bridgehead atoms. The highest BCUT2D eigenvalue weighted by Crippen LogP contribution is 2.42. The van der Waals surface area contributed by atoms with Crippen LogP contribution in [0.15, 0.2) is 40.9 Å². The summed E-state index contributed by atoms with van der Waals surface area (Å²) in [4.78, 5) is 11.5. The van der Waals surface area contributed by atoms with Gasteiger partial charge in [-0.15, -0.1) is 0 Å². The highest BCUT2D eigenvalue weighted by molar-refractivity contribution is 9.10. The second-order valence-electron chi connectivity index (χ2n) is 6.21. The largest absolute Gasteiger partial charge is 0.493 e. The predicted molar refractivity (Wildman–Crippen MR) is 97.3 cm³/mol. The zero-order chi connectivity index (χ0) is 17.4. The number of hydrogen-bond acceptors (Lipinski definition) is 5. The van der Waals surface area contributed by atoms with Crippen LogP contribution in [0.2, 0.25) is 0 Å². The third-order valence-corrected chi connectivity index (χ3v) is 5.27. The van der Waals surface area contributed by atoms with Crippen molar-refractivity contribution in [3.63, 3.8) is 0 Å². The second-order valence-corrected chi connectivity index (χ2v) is 7.06. The minimum Gasteiger partial charge on any atom is -0.493 e. The van der Waals surface area contributed by atoms with Gasteiger partial charge in [0, 0.05) is 28.8 Å². The lowest BCUT2D eigenvalue weighted by molar-refractivity contribution is -0.141. The van der Waals surface area contributed by atoms with Crippen LogP contribution in [0.5, 0.6) is 11.5 Å². The Morgan fingerprint density at radius 1 is 1.24 bits per heavy atom. The first kappa shape index (κ1) is 16.3. The summed E-state index contributed by atoms with van der Waals surface area (Å²) in [5, 5.41) is 3.50. The maximum atomic E-state index is 11.5. The van der Waals surface area contributed by atoms with E-state index in [2.05, 4.69) is 27.3 Å². The van der Waals surface area contributed by atoms with Gasteiger partial charge in [-0.2, -0.15) is 0 Å². The zero-order valence-corrected chi connectivity index (χ0v) is 15.3. The SMILES string of the molecule is COC(=O)C[C@@H]1COc2cc(N[C@@H]3COc4c(Br)cccc43)ccc21. The fraction of sp³-hybridized carbons (Fsp3) is 0.316. The lowest BCUT2D eigenvalue weighted by Crippen LogP contribution is -2.12. The van der Waals surface area contributed by atoms with Crippen LogP contribution < -0.4 is 14.8 Å². The molecule has 1 N–H and O–H groups in total. The van der Waals surface area contributed by atoms with Crippen molar-refractivity contribution in [2.75, 3.05) is 25.6 Å². The Balaban J connectivity index is 1.51. The fourth-order valence-electron chi connectivity index (χ4n) is 3.35. The van der Waals surface area contributed by atoms with Crippen molar-refractivity contribution < 1.29 is 19.0 Å². The van der Waals surface area contributed by atoms with Crippen molar-refractivity contribution in [3.05, 3.63) is 52.0 Å². The number of fused-ring (bicyclic) bond motifs is 2. The third kappa shape index (κ3) is 3.06. The summed E-state index contributed by atoms with van der Waals surface area (Å²) in [6.07, 6.45) is 0.341. The van der Waals surface area contributed by atoms with Gasteiger partial charge in [0.2, 0.25) is 0 Å². The normalized spacial score (nSPS) is 20.2. The smallest absolute Gasteiger partial charge is 0.306 e. The first-order valence-corrected chi connectivity index (χ1v) is 8.96. The number of ether oxygens (including phenoxy) is 3. The molecule has 130 valence electrons. The summed E-state index contributed by atoms with van der Waals surface area (Å²) in [5.74, 6) is 1.57. The van der Waals surface area contributed by atoms with Gasteiger partial charge in [0.05, 0.1) is 30.7 Å². The van der Waals surface area contributed by atoms with Gasteiger partial charge in [0.1, 0.15) is 18.1 Å². The Bertz CT molecular complexity index is 823. The number of carbonyl (C=O) groups is 1. The number of hydrogen-bond donors (Lipinski definition) is 1. The number of anilines is 1. The highest BCUT2D eigenvalue weighted by atomic mass is 79.9. The van der Waals surface area contributed by atoms with E-state index in [1.165, 1.54) is 7.11 Å². The molecule has 6 heteroatoms. The van der Waals surface area contributed by atoms with E-state index in [-0.39, 0.29) is 17.9 Å². The molecule has 2 aromatic carbocycles. The van der Waals surface area contributed by atoms with E-state index in [0.717, 1.165) is 32.8 Å². The van der Waals surface area contributed by atoms with Crippen molar-refractivity contribution in [1.82, 2.24) is 0 Å². The number of carbonyl (C=O) groups excluding carboxylic acids is 1. The minimum atomic E-state index is -0.214. The Morgan fingerprint density at radius 2 is 2.12 bits per heavy atom. The molecule has 0 spiro atoms. The zero-order valence-electron chi connectivity index (χ0n) is 13.8. The van der Waals surface area contributed by atoms with E-state index < -0.39 is 0 Å². The molecule has 2 atom stereocenters. The van der Waals surface area contributed by atoms with Crippen LogP contribution in [-0.4, -0.2) is 26.3 Å². The summed E-state index contributed by atoms with van der Waals surface area (Å²) >= 11 is 3.52. The molecular weight excluding hydrogens is 386 g/mol. The van der Waals surface area contributed by atoms with Gasteiger partial charge >= 0.3 is 5.97 Å². The number of halogens is 1. The molecule has 0 saturated carbocycles. The second kappa shape index (κ2) is 6.59. The molecular formula is C19H18BrNO4. The molecule has 25 heavy (non-hydrogen) atoms. The summed E-state index contributed by atoms with van der Waals surface area (Å²) < 4.78 is 17.3. The van der Waals surface area contributed by atoms with Crippen LogP contribution in [0, 0.1) is 0 Å². The molecule has 5 nitrogen and oxygen atoms in total. The van der Waals surface area contributed by atoms with Gasteiger partial charge in [-0.25, -0.2) is 0 Å². The number of para-hydroxylation sites is 1. The molecule has 2 aliphatic rings. The standard InChI is InChI=1S/C19H18BrNO4/c1-23-18(22)7-11-9-24-17-8-12(5-6-13(11)17)21-16-10-25-19-14(16)3-2-4-15(19)20/h2-6,8,11,16,21H,7,9-10H2,1H3/t11-,16-/m1/s1. The number of rotatable bonds is 4. The lowest BCUT2D eigenvalue weighted by atomic mass is 9.97. The van der Waals surface area contributed by atoms with Gasteiger partial charge < -0.3 is 19.5 Å². The quantitative estimate of drug-likeness (QED) is 0.780. The van der Waals surface area contributed by atoms with Crippen molar-refractivity contribution in [2.45, 2.75) is 18.4 Å². The average molecular weight is 404 g/mol. The van der Waals surface area contributed by atoms with Gasteiger partial charge in [-0.1, -0.05) is 18.2 Å². The summed E-state index contributed by atoms with van der Waals surface area (Å²) in [6, 6.07) is 12.2. The van der Waals surface area contributed by atoms with Crippen LogP contribution in [0.25, 0.3) is 0 Å². The first-order chi connectivity index (χ1) is 12.2. The molecule has 0 amide bonds. The van der Waals surface area contributed by atoms with Gasteiger partial charge in [0.25, 0.3) is 0 Å². The van der Waals surface area contributed by atoms with Crippen molar-refractivity contribution in [2.24, 2.45) is 0 Å². The fourth-order valence-corrected chi connectivity index (χ4v) is 3.85. The maximum Gasteiger partial charge on any atom is 0.306 e. The Labute approximate surface area is 154 Å². The number of benzene rings is 2. The molecule has 0 saturated heterocycles. The van der Waals surface area contributed by atoms with E-state index in [0.29, 0.717) is 19.6 Å². The van der Waals surface area contributed by atoms with E-state index >= 15 is 0 Å². The highest BCUT2D eigenvalue weighted by Gasteiger charge is 2.29. The summed E-state index contributed by atoms with van der Waals surface area (Å²) in [5.41, 5.74) is 3.17. The van der Waals surface area contributed by atoms with Gasteiger partial charge in [-0.05, 0) is 28.1 Å². The van der Waals surface area contributed by atoms with E-state index in [1.54, 1.807) is 0 Å². The van der Waals surface area contributed by atoms with E-state index in [9.17, 15) is 4.79 Å². The van der Waals surface area contributed by atoms with Crippen LogP contribution in [-0.2, 0) is 9.53 Å². The van der Waals surface area contributed by atoms with Crippen LogP contribution in [0.4, 0.5) is 5.69 Å². The predicted octanol–water partition coefficient (Wildman–Crippen LogP) is 4.03. The Kier molecular flexibility index (Phi) is 4.29. The monoisotopic (exact) mass is 403 g/mol. The van der Waals surface area contributed by atoms with Crippen molar-refractivity contribution >= 4 is 27.6 Å². The molecule has 0 unspecified atom stereocenters. The Hall–Kier alpha value is -2.21. The molecule has 0 fully saturated rings. The summed E-state index contributed by atoms with van der Waals surface area (Å²) in [7, 11) is 1.41. The van der Waals surface area contributed by atoms with Crippen LogP contribution >= 0.6 is 15.9 Å². The molecule has 0 radical (unpaired) electrons. The first-order valence-electron chi connectivity index (χ1n) is 8.17. The molecule has 0 aromatic heterocycles. The van der Waals surface area contributed by atoms with Gasteiger partial charge in [0.15, 0.2) is 0 Å². The summed E-state index contributed by atoms with van der Waals surface area (Å²) in [6.45, 7) is 1.09. The molecule has 0 aliphatic carbocycles. The Morgan fingerprint density at radius 3 is 2.96 bits per heavy atom. The molecule has 2 aromatic rings. The van der Waals surface area contributed by atoms with Crippen molar-refractivity contribution in [1.29, 1.82) is 0 Å². The van der Waals surface area contributed by atoms with Crippen LogP contribution in [0.1, 0.15) is 29.5 Å². The average Bonchev–Trinajstić information content (AvgIpc) is 3.20.